The van der Waals surface area contributed by atoms with Gasteiger partial charge >= 0.3 is 0 Å². The Morgan fingerprint density at radius 2 is 2.22 bits per heavy atom. The van der Waals surface area contributed by atoms with Crippen LogP contribution in [0.25, 0.3) is 0 Å². The number of pyridine rings is 1. The van der Waals surface area contributed by atoms with E-state index in [-0.39, 0.29) is 17.2 Å². The Morgan fingerprint density at radius 1 is 1.56 bits per heavy atom. The number of hydrogen-bond acceptors (Lipinski definition) is 5. The first-order valence-electron chi connectivity index (χ1n) is 5.65. The number of aromatic nitrogens is 1. The smallest absolute Gasteiger partial charge is 0.288 e. The molecule has 7 nitrogen and oxygen atoms in total. The van der Waals surface area contributed by atoms with Crippen molar-refractivity contribution in [2.45, 2.75) is 13.8 Å². The third kappa shape index (κ3) is 2.93. The van der Waals surface area contributed by atoms with Gasteiger partial charge in [0.15, 0.2) is 0 Å². The summed E-state index contributed by atoms with van der Waals surface area (Å²) in [6.07, 6.45) is 1.14. The molecular weight excluding hydrogens is 236 g/mol. The van der Waals surface area contributed by atoms with Crippen LogP contribution in [0.15, 0.2) is 12.3 Å². The first kappa shape index (κ1) is 13.9. The lowest BCUT2D eigenvalue weighted by atomic mass is 10.2. The summed E-state index contributed by atoms with van der Waals surface area (Å²) in [5.41, 5.74) is 0.0277. The number of anilines is 1. The van der Waals surface area contributed by atoms with E-state index < -0.39 is 4.92 Å². The molecule has 0 aliphatic carbocycles. The number of nitro groups is 1. The largest absolute Gasteiger partial charge is 0.370 e. The van der Waals surface area contributed by atoms with E-state index in [1.807, 2.05) is 13.8 Å². The molecule has 0 saturated carbocycles. The maximum atomic E-state index is 12.1. The number of nitrogens with one attached hydrogen (secondary N) is 1. The number of rotatable bonds is 5. The molecule has 0 spiro atoms. The van der Waals surface area contributed by atoms with Crippen molar-refractivity contribution in [3.05, 3.63) is 27.9 Å². The van der Waals surface area contributed by atoms with Crippen LogP contribution < -0.4 is 5.32 Å². The maximum absolute atomic E-state index is 12.1. The second-order valence-electron chi connectivity index (χ2n) is 3.70. The molecule has 0 aliphatic rings. The maximum Gasteiger partial charge on any atom is 0.288 e. The van der Waals surface area contributed by atoms with Crippen LogP contribution in [0.2, 0.25) is 0 Å². The van der Waals surface area contributed by atoms with Gasteiger partial charge in [-0.3, -0.25) is 14.9 Å². The molecule has 0 radical (unpaired) electrons. The quantitative estimate of drug-likeness (QED) is 0.634. The van der Waals surface area contributed by atoms with Crippen LogP contribution in [0.1, 0.15) is 24.2 Å². The Labute approximate surface area is 105 Å². The molecule has 98 valence electrons. The van der Waals surface area contributed by atoms with E-state index in [9.17, 15) is 14.9 Å². The highest BCUT2D eigenvalue weighted by Gasteiger charge is 2.19. The highest BCUT2D eigenvalue weighted by molar-refractivity contribution is 5.99. The fourth-order valence-electron chi connectivity index (χ4n) is 1.37. The third-order valence-electron chi connectivity index (χ3n) is 2.48. The summed E-state index contributed by atoms with van der Waals surface area (Å²) in [5.74, 6) is 0.0815. The summed E-state index contributed by atoms with van der Waals surface area (Å²) in [6, 6.07) is 1.25. The van der Waals surface area contributed by atoms with Crippen molar-refractivity contribution in [2.24, 2.45) is 0 Å². The van der Waals surface area contributed by atoms with Gasteiger partial charge in [-0.05, 0) is 13.8 Å². The average molecular weight is 252 g/mol. The molecule has 7 heteroatoms. The molecule has 18 heavy (non-hydrogen) atoms. The Morgan fingerprint density at radius 3 is 2.72 bits per heavy atom. The highest BCUT2D eigenvalue weighted by atomic mass is 16.6. The summed E-state index contributed by atoms with van der Waals surface area (Å²) in [5, 5.41) is 13.6. The van der Waals surface area contributed by atoms with Crippen LogP contribution in [0.4, 0.5) is 11.5 Å². The van der Waals surface area contributed by atoms with Gasteiger partial charge in [-0.2, -0.15) is 0 Å². The molecule has 0 atom stereocenters. The lowest BCUT2D eigenvalue weighted by molar-refractivity contribution is -0.385. The molecular formula is C11H16N4O3. The van der Waals surface area contributed by atoms with Gasteiger partial charge in [0.1, 0.15) is 12.0 Å². The van der Waals surface area contributed by atoms with E-state index in [1.165, 1.54) is 11.0 Å². The monoisotopic (exact) mass is 252 g/mol. The number of nitrogens with zero attached hydrogens (tertiary/aromatic N) is 3. The summed E-state index contributed by atoms with van der Waals surface area (Å²) >= 11 is 0. The van der Waals surface area contributed by atoms with Crippen LogP contribution in [0, 0.1) is 10.1 Å². The molecule has 0 saturated heterocycles. The van der Waals surface area contributed by atoms with Gasteiger partial charge in [0.05, 0.1) is 10.5 Å². The molecule has 0 aromatic carbocycles. The van der Waals surface area contributed by atoms with Gasteiger partial charge in [0.25, 0.3) is 11.6 Å². The van der Waals surface area contributed by atoms with E-state index in [0.29, 0.717) is 18.9 Å². The summed E-state index contributed by atoms with van der Waals surface area (Å²) in [6.45, 7) is 4.80. The van der Waals surface area contributed by atoms with E-state index in [4.69, 9.17) is 0 Å². The van der Waals surface area contributed by atoms with Crippen molar-refractivity contribution in [1.82, 2.24) is 9.88 Å². The molecule has 1 amide bonds. The van der Waals surface area contributed by atoms with Crippen molar-refractivity contribution in [3.63, 3.8) is 0 Å². The molecule has 0 unspecified atom stereocenters. The van der Waals surface area contributed by atoms with E-state index in [1.54, 1.807) is 7.05 Å². The van der Waals surface area contributed by atoms with Crippen LogP contribution in [-0.2, 0) is 0 Å². The van der Waals surface area contributed by atoms with Crippen molar-refractivity contribution in [1.29, 1.82) is 0 Å². The SMILES string of the molecule is CCNc1ncc([N+](=O)[O-])cc1C(=O)N(C)CC. The van der Waals surface area contributed by atoms with Crippen LogP contribution in [0.3, 0.4) is 0 Å². The summed E-state index contributed by atoms with van der Waals surface area (Å²) in [7, 11) is 1.64. The first-order chi connectivity index (χ1) is 8.51. The Balaban J connectivity index is 3.22. The number of carbonyl (C=O) groups is 1. The molecule has 1 N–H and O–H groups in total. The van der Waals surface area contributed by atoms with E-state index in [2.05, 4.69) is 10.3 Å². The molecule has 1 aromatic heterocycles. The molecule has 0 fully saturated rings. The van der Waals surface area contributed by atoms with Gasteiger partial charge in [0.2, 0.25) is 0 Å². The Kier molecular flexibility index (Phi) is 4.59. The predicted molar refractivity (Wildman–Crippen MR) is 67.7 cm³/mol. The normalized spacial score (nSPS) is 9.94. The molecule has 0 aliphatic heterocycles. The summed E-state index contributed by atoms with van der Waals surface area (Å²) in [4.78, 5) is 27.6. The van der Waals surface area contributed by atoms with Gasteiger partial charge in [-0.15, -0.1) is 0 Å². The Hall–Kier alpha value is -2.18. The lowest BCUT2D eigenvalue weighted by Crippen LogP contribution is -2.27. The van der Waals surface area contributed by atoms with Gasteiger partial charge in [0, 0.05) is 26.2 Å². The fraction of sp³-hybridized carbons (Fsp3) is 0.455. The van der Waals surface area contributed by atoms with Crippen molar-refractivity contribution in [3.8, 4) is 0 Å². The fourth-order valence-corrected chi connectivity index (χ4v) is 1.37. The zero-order valence-electron chi connectivity index (χ0n) is 10.6. The van der Waals surface area contributed by atoms with Gasteiger partial charge in [-0.1, -0.05) is 0 Å². The molecule has 1 rings (SSSR count). The lowest BCUT2D eigenvalue weighted by Gasteiger charge is -2.16. The molecule has 1 aromatic rings. The summed E-state index contributed by atoms with van der Waals surface area (Å²) < 4.78 is 0. The second kappa shape index (κ2) is 5.95. The number of carbonyl (C=O) groups excluding carboxylic acids is 1. The minimum absolute atomic E-state index is 0.190. The molecule has 1 heterocycles. The predicted octanol–water partition coefficient (Wildman–Crippen LogP) is 1.51. The van der Waals surface area contributed by atoms with Crippen LogP contribution in [-0.4, -0.2) is 40.9 Å². The number of hydrogen-bond donors (Lipinski definition) is 1. The standard InChI is InChI=1S/C11H16N4O3/c1-4-12-10-9(11(16)14(3)5-2)6-8(7-13-10)15(17)18/h6-7H,4-5H2,1-3H3,(H,12,13). The topological polar surface area (TPSA) is 88.4 Å². The van der Waals surface area contributed by atoms with Crippen molar-refractivity contribution < 1.29 is 9.72 Å². The van der Waals surface area contributed by atoms with Crippen molar-refractivity contribution >= 4 is 17.4 Å². The zero-order valence-corrected chi connectivity index (χ0v) is 10.6. The van der Waals surface area contributed by atoms with Gasteiger partial charge < -0.3 is 10.2 Å². The van der Waals surface area contributed by atoms with E-state index in [0.717, 1.165) is 6.20 Å². The average Bonchev–Trinajstić information content (AvgIpc) is 2.37. The zero-order chi connectivity index (χ0) is 13.7. The first-order valence-corrected chi connectivity index (χ1v) is 5.65. The van der Waals surface area contributed by atoms with Crippen LogP contribution >= 0.6 is 0 Å². The van der Waals surface area contributed by atoms with E-state index >= 15 is 0 Å². The van der Waals surface area contributed by atoms with Crippen LogP contribution in [0.5, 0.6) is 0 Å². The second-order valence-corrected chi connectivity index (χ2v) is 3.70. The van der Waals surface area contributed by atoms with Gasteiger partial charge in [-0.25, -0.2) is 4.98 Å². The van der Waals surface area contributed by atoms with Crippen molar-refractivity contribution in [2.75, 3.05) is 25.5 Å². The number of amides is 1. The third-order valence-corrected chi connectivity index (χ3v) is 2.48. The highest BCUT2D eigenvalue weighted by Crippen LogP contribution is 2.20. The minimum atomic E-state index is -0.564. The minimum Gasteiger partial charge on any atom is -0.370 e. The Bertz CT molecular complexity index is 462. The molecule has 0 bridgehead atoms.